The highest BCUT2D eigenvalue weighted by Gasteiger charge is 2.35. The number of anilines is 1. The average Bonchev–Trinajstić information content (AvgIpc) is 2.92. The van der Waals surface area contributed by atoms with Crippen LogP contribution in [0.4, 0.5) is 10.1 Å². The summed E-state index contributed by atoms with van der Waals surface area (Å²) in [5.41, 5.74) is 1.78. The molecular formula is C28H38FN3O4. The smallest absolute Gasteiger partial charge is 0.305 e. The van der Waals surface area contributed by atoms with E-state index in [-0.39, 0.29) is 11.8 Å². The number of hydrogen-bond donors (Lipinski definition) is 0. The molecule has 0 bridgehead atoms. The first-order chi connectivity index (χ1) is 17.5. The number of para-hydroxylation sites is 1. The summed E-state index contributed by atoms with van der Waals surface area (Å²) in [5.74, 6) is 1.69. The van der Waals surface area contributed by atoms with Crippen LogP contribution in [-0.4, -0.2) is 82.4 Å². The molecule has 0 radical (unpaired) electrons. The van der Waals surface area contributed by atoms with Gasteiger partial charge in [-0.25, -0.2) is 4.39 Å². The predicted octanol–water partition coefficient (Wildman–Crippen LogP) is 3.81. The molecule has 0 spiro atoms. The SMILES string of the molecule is COC(=O)CC[C@H]1CN(Cc2cc(OC)ccc2OC)CC[C@H]1N1CCN(c2ccccc2F)CC1. The highest BCUT2D eigenvalue weighted by atomic mass is 19.1. The van der Waals surface area contributed by atoms with E-state index >= 15 is 0 Å². The van der Waals surface area contributed by atoms with Gasteiger partial charge >= 0.3 is 5.97 Å². The largest absolute Gasteiger partial charge is 0.497 e. The van der Waals surface area contributed by atoms with Gasteiger partial charge in [0.1, 0.15) is 17.3 Å². The molecule has 2 aromatic rings. The van der Waals surface area contributed by atoms with Gasteiger partial charge in [0.2, 0.25) is 0 Å². The molecule has 2 aliphatic rings. The van der Waals surface area contributed by atoms with Crippen molar-refractivity contribution >= 4 is 11.7 Å². The number of hydrogen-bond acceptors (Lipinski definition) is 7. The summed E-state index contributed by atoms with van der Waals surface area (Å²) >= 11 is 0. The lowest BCUT2D eigenvalue weighted by atomic mass is 9.86. The third-order valence-electron chi connectivity index (χ3n) is 7.58. The van der Waals surface area contributed by atoms with Crippen molar-refractivity contribution in [1.29, 1.82) is 0 Å². The number of methoxy groups -OCH3 is 3. The monoisotopic (exact) mass is 499 g/mol. The molecule has 7 nitrogen and oxygen atoms in total. The summed E-state index contributed by atoms with van der Waals surface area (Å²) in [6.45, 7) is 6.00. The quantitative estimate of drug-likeness (QED) is 0.487. The fourth-order valence-corrected chi connectivity index (χ4v) is 5.66. The van der Waals surface area contributed by atoms with Crippen molar-refractivity contribution in [3.63, 3.8) is 0 Å². The van der Waals surface area contributed by atoms with Gasteiger partial charge in [-0.3, -0.25) is 14.6 Å². The van der Waals surface area contributed by atoms with Crippen molar-refractivity contribution in [1.82, 2.24) is 9.80 Å². The van der Waals surface area contributed by atoms with Gasteiger partial charge in [-0.05, 0) is 55.6 Å². The number of ether oxygens (including phenoxy) is 3. The first kappa shape index (κ1) is 26.2. The molecular weight excluding hydrogens is 461 g/mol. The Morgan fingerprint density at radius 2 is 1.78 bits per heavy atom. The molecule has 2 heterocycles. The third-order valence-corrected chi connectivity index (χ3v) is 7.58. The summed E-state index contributed by atoms with van der Waals surface area (Å²) < 4.78 is 30.3. The summed E-state index contributed by atoms with van der Waals surface area (Å²) in [4.78, 5) is 19.1. The van der Waals surface area contributed by atoms with E-state index in [1.54, 1.807) is 20.3 Å². The Morgan fingerprint density at radius 3 is 2.47 bits per heavy atom. The minimum Gasteiger partial charge on any atom is -0.497 e. The summed E-state index contributed by atoms with van der Waals surface area (Å²) in [7, 11) is 4.81. The molecule has 2 aromatic carbocycles. The van der Waals surface area contributed by atoms with Gasteiger partial charge in [0, 0.05) is 57.3 Å². The van der Waals surface area contributed by atoms with Gasteiger partial charge < -0.3 is 19.1 Å². The van der Waals surface area contributed by atoms with E-state index in [9.17, 15) is 9.18 Å². The number of rotatable bonds is 9. The van der Waals surface area contributed by atoms with E-state index in [2.05, 4.69) is 14.7 Å². The Morgan fingerprint density at radius 1 is 1.00 bits per heavy atom. The molecule has 0 amide bonds. The van der Waals surface area contributed by atoms with Crippen LogP contribution in [0.2, 0.25) is 0 Å². The van der Waals surface area contributed by atoms with Crippen molar-refractivity contribution < 1.29 is 23.4 Å². The van der Waals surface area contributed by atoms with Crippen molar-refractivity contribution in [2.45, 2.75) is 31.8 Å². The molecule has 196 valence electrons. The van der Waals surface area contributed by atoms with Gasteiger partial charge in [0.05, 0.1) is 27.0 Å². The van der Waals surface area contributed by atoms with Crippen LogP contribution in [0, 0.1) is 11.7 Å². The Bertz CT molecular complexity index is 1010. The standard InChI is InChI=1S/C28H38FN3O4/c1-34-23-9-10-27(35-2)22(18-23)20-30-13-12-25(21(19-30)8-11-28(33)36-3)31-14-16-32(17-15-31)26-7-5-4-6-24(26)29/h4-7,9-10,18,21,25H,8,11-17,19-20H2,1-3H3/t21-,25+/m0/s1. The van der Waals surface area contributed by atoms with Gasteiger partial charge in [-0.15, -0.1) is 0 Å². The molecule has 0 N–H and O–H groups in total. The Kier molecular flexibility index (Phi) is 9.04. The summed E-state index contributed by atoms with van der Waals surface area (Å²) in [6.07, 6.45) is 2.23. The van der Waals surface area contributed by atoms with Gasteiger partial charge in [0.15, 0.2) is 0 Å². The van der Waals surface area contributed by atoms with E-state index in [4.69, 9.17) is 14.2 Å². The van der Waals surface area contributed by atoms with Crippen molar-refractivity contribution in [2.24, 2.45) is 5.92 Å². The fraction of sp³-hybridized carbons (Fsp3) is 0.536. The first-order valence-corrected chi connectivity index (χ1v) is 12.8. The summed E-state index contributed by atoms with van der Waals surface area (Å²) in [6, 6.07) is 13.3. The minimum absolute atomic E-state index is 0.162. The highest BCUT2D eigenvalue weighted by Crippen LogP contribution is 2.31. The maximum atomic E-state index is 14.3. The number of likely N-dealkylation sites (tertiary alicyclic amines) is 1. The van der Waals surface area contributed by atoms with Crippen LogP contribution in [0.1, 0.15) is 24.8 Å². The highest BCUT2D eigenvalue weighted by molar-refractivity contribution is 5.69. The lowest BCUT2D eigenvalue weighted by Gasteiger charge is -2.47. The van der Waals surface area contributed by atoms with Gasteiger partial charge in [0.25, 0.3) is 0 Å². The zero-order chi connectivity index (χ0) is 25.5. The number of piperazine rings is 1. The Hall–Kier alpha value is -2.84. The van der Waals surface area contributed by atoms with Gasteiger partial charge in [-0.1, -0.05) is 12.1 Å². The molecule has 2 atom stereocenters. The van der Waals surface area contributed by atoms with E-state index in [0.717, 1.165) is 75.7 Å². The molecule has 0 aliphatic carbocycles. The van der Waals surface area contributed by atoms with Crippen LogP contribution in [0.5, 0.6) is 11.5 Å². The maximum absolute atomic E-state index is 14.3. The second-order valence-corrected chi connectivity index (χ2v) is 9.62. The van der Waals surface area contributed by atoms with Crippen molar-refractivity contribution in [3.8, 4) is 11.5 Å². The molecule has 0 aromatic heterocycles. The minimum atomic E-state index is -0.164. The third kappa shape index (κ3) is 6.28. The molecule has 2 saturated heterocycles. The van der Waals surface area contributed by atoms with Crippen LogP contribution >= 0.6 is 0 Å². The second-order valence-electron chi connectivity index (χ2n) is 9.62. The Balaban J connectivity index is 1.43. The van der Waals surface area contributed by atoms with Crippen LogP contribution in [0.15, 0.2) is 42.5 Å². The molecule has 2 aliphatic heterocycles. The number of carbonyl (C=O) groups is 1. The average molecular weight is 500 g/mol. The lowest BCUT2D eigenvalue weighted by Crippen LogP contribution is -2.56. The molecule has 2 fully saturated rings. The van der Waals surface area contributed by atoms with E-state index in [0.29, 0.717) is 24.1 Å². The van der Waals surface area contributed by atoms with E-state index < -0.39 is 0 Å². The van der Waals surface area contributed by atoms with Crippen molar-refractivity contribution in [3.05, 3.63) is 53.8 Å². The number of benzene rings is 2. The number of halogens is 1. The van der Waals surface area contributed by atoms with E-state index in [1.165, 1.54) is 13.2 Å². The molecule has 0 saturated carbocycles. The predicted molar refractivity (Wildman–Crippen MR) is 138 cm³/mol. The molecule has 0 unspecified atom stereocenters. The Labute approximate surface area is 213 Å². The lowest BCUT2D eigenvalue weighted by molar-refractivity contribution is -0.141. The fourth-order valence-electron chi connectivity index (χ4n) is 5.66. The van der Waals surface area contributed by atoms with Crippen LogP contribution in [0.3, 0.4) is 0 Å². The van der Waals surface area contributed by atoms with E-state index in [1.807, 2.05) is 30.3 Å². The topological polar surface area (TPSA) is 54.5 Å². The second kappa shape index (κ2) is 12.4. The van der Waals surface area contributed by atoms with Crippen LogP contribution < -0.4 is 14.4 Å². The van der Waals surface area contributed by atoms with Crippen LogP contribution in [-0.2, 0) is 16.1 Å². The number of piperidine rings is 1. The maximum Gasteiger partial charge on any atom is 0.305 e. The summed E-state index contributed by atoms with van der Waals surface area (Å²) in [5, 5.41) is 0. The van der Waals surface area contributed by atoms with Crippen LogP contribution in [0.25, 0.3) is 0 Å². The number of esters is 1. The zero-order valence-corrected chi connectivity index (χ0v) is 21.6. The number of nitrogens with zero attached hydrogens (tertiary/aromatic N) is 3. The van der Waals surface area contributed by atoms with Crippen molar-refractivity contribution in [2.75, 3.05) is 65.5 Å². The molecule has 36 heavy (non-hydrogen) atoms. The molecule has 8 heteroatoms. The van der Waals surface area contributed by atoms with Gasteiger partial charge in [-0.2, -0.15) is 0 Å². The normalized spacial score (nSPS) is 21.3. The first-order valence-electron chi connectivity index (χ1n) is 12.8. The number of carbonyl (C=O) groups excluding carboxylic acids is 1. The molecule has 4 rings (SSSR count). The zero-order valence-electron chi connectivity index (χ0n) is 21.6.